The predicted molar refractivity (Wildman–Crippen MR) is 77.1 cm³/mol. The molecule has 5 nitrogen and oxygen atoms in total. The Morgan fingerprint density at radius 1 is 1.33 bits per heavy atom. The molecule has 0 fully saturated rings. The Kier molecular flexibility index (Phi) is 6.54. The van der Waals surface area contributed by atoms with Crippen LogP contribution in [-0.4, -0.2) is 23.7 Å². The van der Waals surface area contributed by atoms with Gasteiger partial charge in [-0.1, -0.05) is 6.92 Å². The van der Waals surface area contributed by atoms with Gasteiger partial charge in [0.05, 0.1) is 10.2 Å². The predicted octanol–water partition coefficient (Wildman–Crippen LogP) is 3.35. The molecule has 1 aromatic rings. The second-order valence-corrected chi connectivity index (χ2v) is 5.47. The SMILES string of the molecule is CC(CCC(=O)O)CNC(=O)Nc1cc(F)c(Br)cc1F. The summed E-state index contributed by atoms with van der Waals surface area (Å²) in [6.45, 7) is 2.02. The molecule has 1 unspecified atom stereocenters. The van der Waals surface area contributed by atoms with E-state index in [1.807, 2.05) is 0 Å². The number of carbonyl (C=O) groups excluding carboxylic acids is 1. The summed E-state index contributed by atoms with van der Waals surface area (Å²) in [5, 5.41) is 13.2. The van der Waals surface area contributed by atoms with Crippen molar-refractivity contribution in [2.75, 3.05) is 11.9 Å². The van der Waals surface area contributed by atoms with Crippen LogP contribution in [0.1, 0.15) is 19.8 Å². The lowest BCUT2D eigenvalue weighted by atomic mass is 10.1. The van der Waals surface area contributed by atoms with Crippen LogP contribution in [0.5, 0.6) is 0 Å². The zero-order valence-corrected chi connectivity index (χ0v) is 12.8. The molecule has 0 aliphatic rings. The maximum atomic E-state index is 13.5. The zero-order valence-electron chi connectivity index (χ0n) is 11.3. The van der Waals surface area contributed by atoms with Crippen LogP contribution in [0.25, 0.3) is 0 Å². The molecule has 0 spiro atoms. The van der Waals surface area contributed by atoms with Gasteiger partial charge in [-0.25, -0.2) is 13.6 Å². The molecule has 0 heterocycles. The van der Waals surface area contributed by atoms with Crippen LogP contribution in [0.15, 0.2) is 16.6 Å². The molecule has 116 valence electrons. The molecule has 0 bridgehead atoms. The van der Waals surface area contributed by atoms with Gasteiger partial charge < -0.3 is 15.7 Å². The third-order valence-corrected chi connectivity index (χ3v) is 3.33. The van der Waals surface area contributed by atoms with Crippen molar-refractivity contribution in [1.29, 1.82) is 0 Å². The van der Waals surface area contributed by atoms with Gasteiger partial charge >= 0.3 is 12.0 Å². The number of halogens is 3. The van der Waals surface area contributed by atoms with Crippen LogP contribution in [-0.2, 0) is 4.79 Å². The Labute approximate surface area is 128 Å². The molecular formula is C13H15BrF2N2O3. The fraction of sp³-hybridized carbons (Fsp3) is 0.385. The van der Waals surface area contributed by atoms with E-state index in [2.05, 4.69) is 26.6 Å². The highest BCUT2D eigenvalue weighted by Gasteiger charge is 2.12. The lowest BCUT2D eigenvalue weighted by Gasteiger charge is -2.13. The summed E-state index contributed by atoms with van der Waals surface area (Å²) in [5.74, 6) is -2.41. The lowest BCUT2D eigenvalue weighted by molar-refractivity contribution is -0.137. The van der Waals surface area contributed by atoms with Crippen molar-refractivity contribution in [3.8, 4) is 0 Å². The highest BCUT2D eigenvalue weighted by Crippen LogP contribution is 2.23. The molecule has 0 saturated carbocycles. The van der Waals surface area contributed by atoms with E-state index in [1.54, 1.807) is 6.92 Å². The number of hydrogen-bond donors (Lipinski definition) is 3. The van der Waals surface area contributed by atoms with Crippen molar-refractivity contribution in [3.63, 3.8) is 0 Å². The van der Waals surface area contributed by atoms with Crippen molar-refractivity contribution >= 4 is 33.6 Å². The molecule has 1 aromatic carbocycles. The molecule has 3 N–H and O–H groups in total. The van der Waals surface area contributed by atoms with Gasteiger partial charge in [-0.2, -0.15) is 0 Å². The average molecular weight is 365 g/mol. The number of carboxylic acids is 1. The quantitative estimate of drug-likeness (QED) is 0.677. The summed E-state index contributed by atoms with van der Waals surface area (Å²) in [6.07, 6.45) is 0.425. The summed E-state index contributed by atoms with van der Waals surface area (Å²) in [5.41, 5.74) is -0.272. The first-order chi connectivity index (χ1) is 9.79. The average Bonchev–Trinajstić information content (AvgIpc) is 2.40. The standard InChI is InChI=1S/C13H15BrF2N2O3/c1-7(2-3-12(19)20)6-17-13(21)18-11-5-9(15)8(14)4-10(11)16/h4-5,7H,2-3,6H2,1H3,(H,19,20)(H2,17,18,21). The molecule has 0 aliphatic carbocycles. The second-order valence-electron chi connectivity index (χ2n) is 4.62. The molecule has 21 heavy (non-hydrogen) atoms. The van der Waals surface area contributed by atoms with Gasteiger partial charge in [0.2, 0.25) is 0 Å². The van der Waals surface area contributed by atoms with Crippen LogP contribution < -0.4 is 10.6 Å². The van der Waals surface area contributed by atoms with Gasteiger partial charge in [-0.3, -0.25) is 4.79 Å². The fourth-order valence-corrected chi connectivity index (χ4v) is 1.84. The minimum Gasteiger partial charge on any atom is -0.481 e. The van der Waals surface area contributed by atoms with E-state index in [9.17, 15) is 18.4 Å². The number of urea groups is 1. The maximum Gasteiger partial charge on any atom is 0.319 e. The van der Waals surface area contributed by atoms with Crippen LogP contribution in [0.4, 0.5) is 19.3 Å². The number of amides is 2. The summed E-state index contributed by atoms with van der Waals surface area (Å²) < 4.78 is 26.7. The van der Waals surface area contributed by atoms with Gasteiger partial charge in [0.25, 0.3) is 0 Å². The van der Waals surface area contributed by atoms with E-state index >= 15 is 0 Å². The van der Waals surface area contributed by atoms with E-state index in [4.69, 9.17) is 5.11 Å². The fourth-order valence-electron chi connectivity index (χ4n) is 1.52. The normalized spacial score (nSPS) is 11.8. The summed E-state index contributed by atoms with van der Waals surface area (Å²) >= 11 is 2.83. The number of carbonyl (C=O) groups is 2. The minimum atomic E-state index is -0.904. The largest absolute Gasteiger partial charge is 0.481 e. The van der Waals surface area contributed by atoms with Crippen molar-refractivity contribution in [2.45, 2.75) is 19.8 Å². The molecule has 0 radical (unpaired) electrons. The number of hydrogen-bond acceptors (Lipinski definition) is 2. The van der Waals surface area contributed by atoms with Gasteiger partial charge in [0, 0.05) is 19.0 Å². The van der Waals surface area contributed by atoms with E-state index in [0.717, 1.165) is 12.1 Å². The Morgan fingerprint density at radius 2 is 2.00 bits per heavy atom. The zero-order chi connectivity index (χ0) is 16.0. The first-order valence-corrected chi connectivity index (χ1v) is 7.00. The van der Waals surface area contributed by atoms with Crippen LogP contribution >= 0.6 is 15.9 Å². The lowest BCUT2D eigenvalue weighted by Crippen LogP contribution is -2.32. The molecule has 1 atom stereocenters. The highest BCUT2D eigenvalue weighted by molar-refractivity contribution is 9.10. The Hall–Kier alpha value is -1.70. The summed E-state index contributed by atoms with van der Waals surface area (Å²) in [4.78, 5) is 22.0. The molecular weight excluding hydrogens is 350 g/mol. The summed E-state index contributed by atoms with van der Waals surface area (Å²) in [7, 11) is 0. The monoisotopic (exact) mass is 364 g/mol. The van der Waals surface area contributed by atoms with Gasteiger partial charge in [-0.15, -0.1) is 0 Å². The van der Waals surface area contributed by atoms with Crippen molar-refractivity contribution in [3.05, 3.63) is 28.2 Å². The van der Waals surface area contributed by atoms with E-state index in [-0.39, 0.29) is 29.0 Å². The molecule has 0 aromatic heterocycles. The van der Waals surface area contributed by atoms with Crippen LogP contribution in [0.3, 0.4) is 0 Å². The maximum absolute atomic E-state index is 13.5. The van der Waals surface area contributed by atoms with Crippen LogP contribution in [0, 0.1) is 17.6 Å². The van der Waals surface area contributed by atoms with Crippen LogP contribution in [0.2, 0.25) is 0 Å². The first kappa shape index (κ1) is 17.4. The number of rotatable bonds is 6. The smallest absolute Gasteiger partial charge is 0.319 e. The van der Waals surface area contributed by atoms with Crippen molar-refractivity contribution in [2.24, 2.45) is 5.92 Å². The number of anilines is 1. The number of nitrogens with one attached hydrogen (secondary N) is 2. The molecule has 0 aliphatic heterocycles. The second kappa shape index (κ2) is 7.92. The van der Waals surface area contributed by atoms with Gasteiger partial charge in [0.15, 0.2) is 0 Å². The Balaban J connectivity index is 2.47. The van der Waals surface area contributed by atoms with E-state index in [0.29, 0.717) is 6.42 Å². The third kappa shape index (κ3) is 6.07. The third-order valence-electron chi connectivity index (χ3n) is 2.72. The first-order valence-electron chi connectivity index (χ1n) is 6.20. The van der Waals surface area contributed by atoms with E-state index in [1.165, 1.54) is 0 Å². The Morgan fingerprint density at radius 3 is 2.62 bits per heavy atom. The number of benzene rings is 1. The van der Waals surface area contributed by atoms with Gasteiger partial charge in [-0.05, 0) is 34.3 Å². The molecule has 0 saturated heterocycles. The van der Waals surface area contributed by atoms with E-state index < -0.39 is 23.6 Å². The number of carboxylic acid groups (broad SMARTS) is 1. The molecule has 1 rings (SSSR count). The minimum absolute atomic E-state index is 0.0109. The Bertz CT molecular complexity index is 540. The van der Waals surface area contributed by atoms with Gasteiger partial charge in [0.1, 0.15) is 11.6 Å². The van der Waals surface area contributed by atoms with Crippen molar-refractivity contribution in [1.82, 2.24) is 5.32 Å². The highest BCUT2D eigenvalue weighted by atomic mass is 79.9. The molecule has 8 heteroatoms. The topological polar surface area (TPSA) is 78.4 Å². The van der Waals surface area contributed by atoms with Crippen molar-refractivity contribution < 1.29 is 23.5 Å². The summed E-state index contributed by atoms with van der Waals surface area (Å²) in [6, 6.07) is 1.10. The molecule has 2 amide bonds. The number of aliphatic carboxylic acids is 1.